The fourth-order valence-corrected chi connectivity index (χ4v) is 3.69. The van der Waals surface area contributed by atoms with E-state index in [2.05, 4.69) is 25.4 Å². The van der Waals surface area contributed by atoms with Crippen molar-refractivity contribution >= 4 is 17.4 Å². The number of nitrogens with one attached hydrogen (secondary N) is 1. The number of pyridine rings is 1. The summed E-state index contributed by atoms with van der Waals surface area (Å²) in [5, 5.41) is 11.1. The first kappa shape index (κ1) is 18.6. The molecule has 0 atom stereocenters. The minimum Gasteiger partial charge on any atom is -0.493 e. The normalized spacial score (nSPS) is 16.8. The molecule has 30 heavy (non-hydrogen) atoms. The van der Waals surface area contributed by atoms with Crippen LogP contribution in [0.2, 0.25) is 0 Å². The van der Waals surface area contributed by atoms with Crippen LogP contribution in [0.5, 0.6) is 5.75 Å². The first-order valence-corrected chi connectivity index (χ1v) is 10.0. The first-order chi connectivity index (χ1) is 14.8. The van der Waals surface area contributed by atoms with Crippen LogP contribution in [0.25, 0.3) is 11.5 Å². The molecule has 5 rings (SSSR count). The first-order valence-electron chi connectivity index (χ1n) is 10.0. The van der Waals surface area contributed by atoms with Crippen molar-refractivity contribution in [3.05, 3.63) is 48.3 Å². The summed E-state index contributed by atoms with van der Waals surface area (Å²) in [5.74, 6) is 1.42. The van der Waals surface area contributed by atoms with Crippen molar-refractivity contribution in [2.75, 3.05) is 43.1 Å². The second kappa shape index (κ2) is 8.11. The quantitative estimate of drug-likeness (QED) is 0.662. The maximum Gasteiger partial charge on any atom is 0.260 e. The van der Waals surface area contributed by atoms with Crippen molar-refractivity contribution in [1.82, 2.24) is 19.7 Å². The van der Waals surface area contributed by atoms with E-state index in [1.807, 2.05) is 34.9 Å². The monoisotopic (exact) mass is 406 g/mol. The Kier molecular flexibility index (Phi) is 5.02. The van der Waals surface area contributed by atoms with Gasteiger partial charge in [-0.1, -0.05) is 6.07 Å². The Labute approximate surface area is 173 Å². The van der Waals surface area contributed by atoms with Gasteiger partial charge in [0, 0.05) is 25.3 Å². The number of rotatable bonds is 1. The van der Waals surface area contributed by atoms with Gasteiger partial charge in [0.15, 0.2) is 5.82 Å². The molecule has 0 saturated carbocycles. The Morgan fingerprint density at radius 1 is 1.03 bits per heavy atom. The number of amides is 1. The van der Waals surface area contributed by atoms with Gasteiger partial charge in [0.05, 0.1) is 25.4 Å². The van der Waals surface area contributed by atoms with Gasteiger partial charge in [-0.2, -0.15) is 0 Å². The van der Waals surface area contributed by atoms with E-state index in [1.165, 1.54) is 0 Å². The van der Waals surface area contributed by atoms with Crippen LogP contribution in [-0.2, 0) is 11.3 Å². The van der Waals surface area contributed by atoms with Gasteiger partial charge in [-0.3, -0.25) is 4.79 Å². The lowest BCUT2D eigenvalue weighted by atomic mass is 10.1. The Balaban J connectivity index is 1.50. The predicted octanol–water partition coefficient (Wildman–Crippen LogP) is 2.21. The Bertz CT molecular complexity index is 1060. The standard InChI is InChI=1S/C21H22N6O3/c28-21-16-13-15(26-8-11-29-12-9-26)5-6-18(16)30-10-2-7-27-14-22-25-20(27)17-3-1-4-19(23-17)24-21/h1,3-6,13-14H,2,7-12H2,(H,23,24,28). The minimum absolute atomic E-state index is 0.259. The molecule has 1 N–H and O–H groups in total. The van der Waals surface area contributed by atoms with E-state index in [-0.39, 0.29) is 5.91 Å². The highest BCUT2D eigenvalue weighted by Crippen LogP contribution is 2.28. The van der Waals surface area contributed by atoms with Gasteiger partial charge in [-0.15, -0.1) is 10.2 Å². The molecule has 0 radical (unpaired) electrons. The van der Waals surface area contributed by atoms with Gasteiger partial charge in [0.25, 0.3) is 5.91 Å². The molecule has 3 aromatic rings. The number of fused-ring (bicyclic) bond motifs is 5. The second-order valence-electron chi connectivity index (χ2n) is 7.19. The molecule has 0 unspecified atom stereocenters. The molecule has 154 valence electrons. The third-order valence-electron chi connectivity index (χ3n) is 5.22. The maximum absolute atomic E-state index is 13.1. The number of ether oxygens (including phenoxy) is 2. The summed E-state index contributed by atoms with van der Waals surface area (Å²) in [7, 11) is 0. The summed E-state index contributed by atoms with van der Waals surface area (Å²) in [4.78, 5) is 19.9. The zero-order valence-corrected chi connectivity index (χ0v) is 16.5. The number of carbonyl (C=O) groups excluding carboxylic acids is 1. The summed E-state index contributed by atoms with van der Waals surface area (Å²) in [6, 6.07) is 11.2. The van der Waals surface area contributed by atoms with Gasteiger partial charge in [0.1, 0.15) is 23.6 Å². The van der Waals surface area contributed by atoms with Crippen LogP contribution in [0, 0.1) is 0 Å². The summed E-state index contributed by atoms with van der Waals surface area (Å²) in [6.07, 6.45) is 2.43. The second-order valence-corrected chi connectivity index (χ2v) is 7.19. The van der Waals surface area contributed by atoms with E-state index < -0.39 is 0 Å². The molecule has 1 fully saturated rings. The number of hydrogen-bond acceptors (Lipinski definition) is 7. The molecule has 1 aromatic carbocycles. The summed E-state index contributed by atoms with van der Waals surface area (Å²) >= 11 is 0. The lowest BCUT2D eigenvalue weighted by Crippen LogP contribution is -2.36. The number of aryl methyl sites for hydroxylation is 1. The smallest absolute Gasteiger partial charge is 0.260 e. The summed E-state index contributed by atoms with van der Waals surface area (Å²) in [6.45, 7) is 4.12. The highest BCUT2D eigenvalue weighted by molar-refractivity contribution is 6.06. The third kappa shape index (κ3) is 3.71. The molecule has 1 amide bonds. The maximum atomic E-state index is 13.1. The highest BCUT2D eigenvalue weighted by atomic mass is 16.5. The Morgan fingerprint density at radius 2 is 1.93 bits per heavy atom. The molecule has 2 aliphatic heterocycles. The van der Waals surface area contributed by atoms with E-state index in [0.29, 0.717) is 55.0 Å². The van der Waals surface area contributed by atoms with Crippen LogP contribution in [0.4, 0.5) is 11.5 Å². The van der Waals surface area contributed by atoms with Crippen molar-refractivity contribution in [2.24, 2.45) is 0 Å². The molecule has 0 aliphatic carbocycles. The van der Waals surface area contributed by atoms with Crippen LogP contribution < -0.4 is 15.0 Å². The Morgan fingerprint density at radius 3 is 2.83 bits per heavy atom. The van der Waals surface area contributed by atoms with E-state index in [9.17, 15) is 4.79 Å². The van der Waals surface area contributed by atoms with Crippen molar-refractivity contribution < 1.29 is 14.3 Å². The number of hydrogen-bond donors (Lipinski definition) is 1. The van der Waals surface area contributed by atoms with Gasteiger partial charge in [-0.25, -0.2) is 4.98 Å². The summed E-state index contributed by atoms with van der Waals surface area (Å²) < 4.78 is 13.4. The zero-order chi connectivity index (χ0) is 20.3. The van der Waals surface area contributed by atoms with Crippen LogP contribution >= 0.6 is 0 Å². The molecule has 9 nitrogen and oxygen atoms in total. The predicted molar refractivity (Wildman–Crippen MR) is 111 cm³/mol. The zero-order valence-electron chi connectivity index (χ0n) is 16.5. The number of benzene rings is 1. The van der Waals surface area contributed by atoms with Crippen LogP contribution in [0.3, 0.4) is 0 Å². The molecule has 2 aromatic heterocycles. The van der Waals surface area contributed by atoms with Crippen molar-refractivity contribution in [1.29, 1.82) is 0 Å². The minimum atomic E-state index is -0.259. The average Bonchev–Trinajstić information content (AvgIpc) is 3.26. The molecular formula is C21H22N6O3. The van der Waals surface area contributed by atoms with E-state index >= 15 is 0 Å². The molecular weight excluding hydrogens is 384 g/mol. The lowest BCUT2D eigenvalue weighted by molar-refractivity contribution is 0.102. The number of nitrogens with zero attached hydrogens (tertiary/aromatic N) is 5. The van der Waals surface area contributed by atoms with E-state index in [1.54, 1.807) is 12.4 Å². The number of anilines is 2. The molecule has 0 spiro atoms. The van der Waals surface area contributed by atoms with Gasteiger partial charge < -0.3 is 24.3 Å². The number of aromatic nitrogens is 4. The number of carbonyl (C=O) groups is 1. The topological polar surface area (TPSA) is 94.4 Å². The fourth-order valence-electron chi connectivity index (χ4n) is 3.69. The molecule has 9 heteroatoms. The highest BCUT2D eigenvalue weighted by Gasteiger charge is 2.19. The average molecular weight is 406 g/mol. The van der Waals surface area contributed by atoms with Crippen molar-refractivity contribution in [3.63, 3.8) is 0 Å². The molecule has 2 aliphatic rings. The summed E-state index contributed by atoms with van der Waals surface area (Å²) in [5.41, 5.74) is 2.13. The number of morpholine rings is 1. The Hall–Kier alpha value is -3.46. The lowest BCUT2D eigenvalue weighted by Gasteiger charge is -2.29. The molecule has 4 heterocycles. The van der Waals surface area contributed by atoms with Crippen molar-refractivity contribution in [2.45, 2.75) is 13.0 Å². The van der Waals surface area contributed by atoms with Gasteiger partial charge in [-0.05, 0) is 36.8 Å². The fraction of sp³-hybridized carbons (Fsp3) is 0.333. The van der Waals surface area contributed by atoms with E-state index in [4.69, 9.17) is 9.47 Å². The van der Waals surface area contributed by atoms with Crippen LogP contribution in [-0.4, -0.2) is 58.6 Å². The van der Waals surface area contributed by atoms with E-state index in [0.717, 1.165) is 25.2 Å². The van der Waals surface area contributed by atoms with Gasteiger partial charge in [0.2, 0.25) is 0 Å². The largest absolute Gasteiger partial charge is 0.493 e. The molecule has 1 saturated heterocycles. The third-order valence-corrected chi connectivity index (χ3v) is 5.22. The van der Waals surface area contributed by atoms with Crippen LogP contribution in [0.1, 0.15) is 16.8 Å². The SMILES string of the molecule is O=C1Nc2cccc(n2)-c2nncn2CCCOc2ccc(N3CCOCC3)cc21. The van der Waals surface area contributed by atoms with Crippen LogP contribution in [0.15, 0.2) is 42.7 Å². The van der Waals surface area contributed by atoms with Gasteiger partial charge >= 0.3 is 0 Å². The van der Waals surface area contributed by atoms with Crippen molar-refractivity contribution in [3.8, 4) is 17.3 Å². The molecule has 2 bridgehead atoms.